The van der Waals surface area contributed by atoms with E-state index in [2.05, 4.69) is 34.3 Å². The summed E-state index contributed by atoms with van der Waals surface area (Å²) < 4.78 is 7.90. The molecule has 2 aliphatic rings. The second-order valence-corrected chi connectivity index (χ2v) is 11.0. The van der Waals surface area contributed by atoms with E-state index in [-0.39, 0.29) is 29.0 Å². The molecule has 0 aliphatic carbocycles. The molecule has 10 heteroatoms. The summed E-state index contributed by atoms with van der Waals surface area (Å²) in [6.07, 6.45) is 3.52. The largest absolute Gasteiger partial charge is 0.491 e. The minimum absolute atomic E-state index is 0.0449. The lowest BCUT2D eigenvalue weighted by atomic mass is 9.90. The average Bonchev–Trinajstić information content (AvgIpc) is 3.49. The number of amides is 2. The number of hydrogen-bond donors (Lipinski definition) is 2. The van der Waals surface area contributed by atoms with Gasteiger partial charge >= 0.3 is 6.03 Å². The van der Waals surface area contributed by atoms with Gasteiger partial charge in [0.1, 0.15) is 5.75 Å². The average molecular weight is 528 g/mol. The van der Waals surface area contributed by atoms with Crippen molar-refractivity contribution in [3.63, 3.8) is 0 Å². The lowest BCUT2D eigenvalue weighted by Gasteiger charge is -2.48. The van der Waals surface area contributed by atoms with Crippen LogP contribution >= 0.6 is 0 Å². The Morgan fingerprint density at radius 1 is 1.05 bits per heavy atom. The molecule has 0 radical (unpaired) electrons. The van der Waals surface area contributed by atoms with Crippen LogP contribution in [0.1, 0.15) is 42.6 Å². The molecule has 2 amide bonds. The van der Waals surface area contributed by atoms with E-state index >= 15 is 0 Å². The summed E-state index contributed by atoms with van der Waals surface area (Å²) in [5, 5.41) is 7.91. The molecule has 5 heterocycles. The SMILES string of the molecule is Cc1cc(OC[C@H](C)c2ccccc2)cn2nc(C(C)CN3CC4(CN(c5cc[nH]c(=O)c5)C4)NC3=O)nc12. The van der Waals surface area contributed by atoms with Gasteiger partial charge in [-0.3, -0.25) is 4.79 Å². The molecule has 6 rings (SSSR count). The molecule has 1 aromatic carbocycles. The molecule has 3 aromatic heterocycles. The first kappa shape index (κ1) is 25.0. The molecule has 0 saturated carbocycles. The number of carbonyl (C=O) groups is 1. The molecule has 4 aromatic rings. The number of hydrogen-bond acceptors (Lipinski definition) is 6. The Labute approximate surface area is 226 Å². The normalized spacial score (nSPS) is 17.8. The van der Waals surface area contributed by atoms with Gasteiger partial charge in [-0.1, -0.05) is 44.2 Å². The van der Waals surface area contributed by atoms with Gasteiger partial charge in [0, 0.05) is 56.0 Å². The molecule has 2 saturated heterocycles. The predicted octanol–water partition coefficient (Wildman–Crippen LogP) is 3.30. The number of rotatable bonds is 8. The van der Waals surface area contributed by atoms with Crippen molar-refractivity contribution in [2.45, 2.75) is 38.1 Å². The van der Waals surface area contributed by atoms with Crippen molar-refractivity contribution >= 4 is 17.4 Å². The number of benzene rings is 1. The topological polar surface area (TPSA) is 108 Å². The monoisotopic (exact) mass is 527 g/mol. The maximum Gasteiger partial charge on any atom is 0.318 e. The van der Waals surface area contributed by atoms with Gasteiger partial charge in [-0.25, -0.2) is 14.3 Å². The number of carbonyl (C=O) groups excluding carboxylic acids is 1. The first-order valence-electron chi connectivity index (χ1n) is 13.3. The summed E-state index contributed by atoms with van der Waals surface area (Å²) in [7, 11) is 0. The highest BCUT2D eigenvalue weighted by atomic mass is 16.5. The van der Waals surface area contributed by atoms with Crippen molar-refractivity contribution in [3.05, 3.63) is 88.2 Å². The maximum absolute atomic E-state index is 12.8. The third kappa shape index (κ3) is 4.94. The minimum Gasteiger partial charge on any atom is -0.491 e. The van der Waals surface area contributed by atoms with Crippen LogP contribution in [0.25, 0.3) is 5.65 Å². The zero-order valence-corrected chi connectivity index (χ0v) is 22.4. The van der Waals surface area contributed by atoms with Crippen LogP contribution in [-0.4, -0.2) is 68.8 Å². The highest BCUT2D eigenvalue weighted by Gasteiger charge is 2.51. The van der Waals surface area contributed by atoms with Crippen molar-refractivity contribution in [2.75, 3.05) is 37.7 Å². The zero-order chi connectivity index (χ0) is 27.1. The number of anilines is 1. The van der Waals surface area contributed by atoms with Crippen molar-refractivity contribution in [1.29, 1.82) is 0 Å². The van der Waals surface area contributed by atoms with E-state index in [1.807, 2.05) is 55.3 Å². The van der Waals surface area contributed by atoms with Crippen LogP contribution in [0, 0.1) is 6.92 Å². The van der Waals surface area contributed by atoms with Crippen LogP contribution < -0.4 is 20.5 Å². The summed E-state index contributed by atoms with van der Waals surface area (Å²) in [6, 6.07) is 15.7. The third-order valence-electron chi connectivity index (χ3n) is 7.68. The minimum atomic E-state index is -0.300. The lowest BCUT2D eigenvalue weighted by Crippen LogP contribution is -2.69. The Balaban J connectivity index is 1.09. The van der Waals surface area contributed by atoms with Gasteiger partial charge in [-0.2, -0.15) is 5.10 Å². The van der Waals surface area contributed by atoms with E-state index in [1.54, 1.807) is 16.8 Å². The van der Waals surface area contributed by atoms with Crippen molar-refractivity contribution in [2.24, 2.45) is 0 Å². The van der Waals surface area contributed by atoms with Crippen LogP contribution in [0.5, 0.6) is 5.75 Å². The molecule has 2 N–H and O–H groups in total. The molecule has 1 unspecified atom stereocenters. The van der Waals surface area contributed by atoms with Crippen molar-refractivity contribution < 1.29 is 9.53 Å². The van der Waals surface area contributed by atoms with E-state index in [0.717, 1.165) is 22.6 Å². The fourth-order valence-electron chi connectivity index (χ4n) is 5.54. The van der Waals surface area contributed by atoms with E-state index in [9.17, 15) is 9.59 Å². The molecule has 1 spiro atoms. The number of aromatic nitrogens is 4. The third-order valence-corrected chi connectivity index (χ3v) is 7.68. The van der Waals surface area contributed by atoms with E-state index in [0.29, 0.717) is 38.6 Å². The second-order valence-electron chi connectivity index (χ2n) is 11.0. The number of ether oxygens (including phenoxy) is 1. The first-order valence-corrected chi connectivity index (χ1v) is 13.3. The molecule has 2 fully saturated rings. The highest BCUT2D eigenvalue weighted by molar-refractivity contribution is 5.79. The van der Waals surface area contributed by atoms with Crippen molar-refractivity contribution in [3.8, 4) is 5.75 Å². The fraction of sp³-hybridized carbons (Fsp3) is 0.379. The summed E-state index contributed by atoms with van der Waals surface area (Å²) >= 11 is 0. The molecule has 202 valence electrons. The smallest absolute Gasteiger partial charge is 0.318 e. The number of nitrogens with one attached hydrogen (secondary N) is 2. The molecule has 0 bridgehead atoms. The van der Waals surface area contributed by atoms with Gasteiger partial charge in [0.15, 0.2) is 11.5 Å². The second kappa shape index (κ2) is 9.76. The summed E-state index contributed by atoms with van der Waals surface area (Å²) in [4.78, 5) is 35.9. The number of fused-ring (bicyclic) bond motifs is 1. The number of aromatic amines is 1. The number of aryl methyl sites for hydroxylation is 1. The first-order chi connectivity index (χ1) is 18.8. The fourth-order valence-corrected chi connectivity index (χ4v) is 5.54. The van der Waals surface area contributed by atoms with Crippen LogP contribution in [0.3, 0.4) is 0 Å². The Morgan fingerprint density at radius 3 is 2.62 bits per heavy atom. The quantitative estimate of drug-likeness (QED) is 0.364. The van der Waals surface area contributed by atoms with Crippen LogP contribution in [0.2, 0.25) is 0 Å². The zero-order valence-electron chi connectivity index (χ0n) is 22.4. The van der Waals surface area contributed by atoms with Gasteiger partial charge in [0.2, 0.25) is 5.56 Å². The van der Waals surface area contributed by atoms with E-state index in [4.69, 9.17) is 14.8 Å². The Kier molecular flexibility index (Phi) is 6.25. The van der Waals surface area contributed by atoms with Crippen LogP contribution in [0.4, 0.5) is 10.5 Å². The number of H-pyrrole nitrogens is 1. The summed E-state index contributed by atoms with van der Waals surface area (Å²) in [5.74, 6) is 1.67. The molecular weight excluding hydrogens is 494 g/mol. The maximum atomic E-state index is 12.8. The molecule has 39 heavy (non-hydrogen) atoms. The van der Waals surface area contributed by atoms with Crippen molar-refractivity contribution in [1.82, 2.24) is 29.8 Å². The van der Waals surface area contributed by atoms with E-state index in [1.165, 1.54) is 5.56 Å². The number of nitrogens with zero attached hydrogens (tertiary/aromatic N) is 5. The van der Waals surface area contributed by atoms with Gasteiger partial charge in [-0.05, 0) is 30.2 Å². The molecule has 10 nitrogen and oxygen atoms in total. The number of pyridine rings is 2. The summed E-state index contributed by atoms with van der Waals surface area (Å²) in [5.41, 5.74) is 3.45. The van der Waals surface area contributed by atoms with E-state index < -0.39 is 0 Å². The summed E-state index contributed by atoms with van der Waals surface area (Å²) in [6.45, 7) is 9.24. The lowest BCUT2D eigenvalue weighted by molar-refractivity contribution is 0.214. The Bertz CT molecular complexity index is 1560. The standard InChI is InChI=1S/C29H33N7O3/c1-19-11-24(39-15-21(3)22-7-5-4-6-8-22)14-36-27(19)31-26(33-36)20(2)13-34-16-29(32-28(34)38)17-35(18-29)23-9-10-30-25(37)12-23/h4-12,14,20-21H,13,15-18H2,1-3H3,(H,30,37)(H,32,38)/t20?,21-/m0/s1. The number of urea groups is 1. The molecule has 2 aliphatic heterocycles. The van der Waals surface area contributed by atoms with Gasteiger partial charge in [-0.15, -0.1) is 0 Å². The Hall–Kier alpha value is -4.34. The van der Waals surface area contributed by atoms with Crippen LogP contribution in [0.15, 0.2) is 65.7 Å². The molecular formula is C29H33N7O3. The molecule has 2 atom stereocenters. The van der Waals surface area contributed by atoms with Gasteiger partial charge in [0.05, 0.1) is 18.3 Å². The van der Waals surface area contributed by atoms with Gasteiger partial charge < -0.3 is 24.8 Å². The Morgan fingerprint density at radius 2 is 1.85 bits per heavy atom. The van der Waals surface area contributed by atoms with Crippen LogP contribution in [-0.2, 0) is 0 Å². The predicted molar refractivity (Wildman–Crippen MR) is 149 cm³/mol. The van der Waals surface area contributed by atoms with Gasteiger partial charge in [0.25, 0.3) is 0 Å². The highest BCUT2D eigenvalue weighted by Crippen LogP contribution is 2.32.